The van der Waals surface area contributed by atoms with Crippen LogP contribution >= 0.6 is 11.8 Å². The highest BCUT2D eigenvalue weighted by Gasteiger charge is 2.18. The lowest BCUT2D eigenvalue weighted by molar-refractivity contribution is -0.113. The van der Waals surface area contributed by atoms with Crippen LogP contribution in [0.1, 0.15) is 25.3 Å². The Hall–Kier alpha value is -2.62. The van der Waals surface area contributed by atoms with Crippen molar-refractivity contribution >= 4 is 33.4 Å². The van der Waals surface area contributed by atoms with Crippen LogP contribution in [0.4, 0.5) is 5.69 Å². The number of anilines is 1. The molecule has 0 atom stereocenters. The number of aromatic nitrogens is 2. The topological polar surface area (TPSA) is 84.3 Å². The van der Waals surface area contributed by atoms with Crippen LogP contribution in [0.25, 0.3) is 5.69 Å². The fourth-order valence-electron chi connectivity index (χ4n) is 2.89. The zero-order valence-electron chi connectivity index (χ0n) is 17.9. The maximum Gasteiger partial charge on any atom is 0.242 e. The van der Waals surface area contributed by atoms with Gasteiger partial charge in [-0.2, -0.15) is 0 Å². The standard InChI is InChI=1S/C22H26N4O3S2/c1-16(2)17-8-10-19(11-9-17)26-13-12-23-22(26)30-15-21(27)24-18-6-5-7-20(14-18)31(28,29)25(3)4/h5-14,16H,15H2,1-4H3,(H,24,27). The number of benzene rings is 2. The van der Waals surface area contributed by atoms with E-state index in [9.17, 15) is 13.2 Å². The first kappa shape index (κ1) is 23.1. The lowest BCUT2D eigenvalue weighted by Crippen LogP contribution is -2.22. The van der Waals surface area contributed by atoms with Gasteiger partial charge in [0.05, 0.1) is 10.6 Å². The van der Waals surface area contributed by atoms with Gasteiger partial charge in [-0.3, -0.25) is 9.36 Å². The molecular weight excluding hydrogens is 432 g/mol. The first-order valence-electron chi connectivity index (χ1n) is 9.77. The van der Waals surface area contributed by atoms with Crippen molar-refractivity contribution in [1.82, 2.24) is 13.9 Å². The molecule has 31 heavy (non-hydrogen) atoms. The van der Waals surface area contributed by atoms with Gasteiger partial charge in [0.1, 0.15) is 0 Å². The molecule has 0 radical (unpaired) electrons. The van der Waals surface area contributed by atoms with E-state index in [4.69, 9.17) is 0 Å². The average molecular weight is 459 g/mol. The highest BCUT2D eigenvalue weighted by molar-refractivity contribution is 7.99. The van der Waals surface area contributed by atoms with Crippen molar-refractivity contribution in [1.29, 1.82) is 0 Å². The maximum atomic E-state index is 12.4. The number of amides is 1. The van der Waals surface area contributed by atoms with Crippen LogP contribution in [0.5, 0.6) is 0 Å². The van der Waals surface area contributed by atoms with Crippen molar-refractivity contribution in [3.63, 3.8) is 0 Å². The number of rotatable bonds is 8. The summed E-state index contributed by atoms with van der Waals surface area (Å²) >= 11 is 1.31. The molecule has 164 valence electrons. The Morgan fingerprint density at radius 2 is 1.87 bits per heavy atom. The molecule has 0 bridgehead atoms. The summed E-state index contributed by atoms with van der Waals surface area (Å²) in [5.74, 6) is 0.362. The van der Waals surface area contributed by atoms with E-state index in [2.05, 4.69) is 36.3 Å². The van der Waals surface area contributed by atoms with E-state index in [0.717, 1.165) is 9.99 Å². The molecule has 0 fully saturated rings. The number of nitrogens with zero attached hydrogens (tertiary/aromatic N) is 3. The van der Waals surface area contributed by atoms with Crippen molar-refractivity contribution in [2.24, 2.45) is 0 Å². The largest absolute Gasteiger partial charge is 0.325 e. The van der Waals surface area contributed by atoms with Crippen molar-refractivity contribution in [3.05, 3.63) is 66.5 Å². The number of carbonyl (C=O) groups is 1. The Balaban J connectivity index is 1.66. The number of nitrogens with one attached hydrogen (secondary N) is 1. The van der Waals surface area contributed by atoms with Crippen molar-refractivity contribution < 1.29 is 13.2 Å². The Morgan fingerprint density at radius 3 is 2.52 bits per heavy atom. The Bertz CT molecular complexity index is 1150. The van der Waals surface area contributed by atoms with Crippen LogP contribution in [-0.4, -0.2) is 48.0 Å². The zero-order valence-corrected chi connectivity index (χ0v) is 19.6. The molecule has 0 aliphatic carbocycles. The van der Waals surface area contributed by atoms with E-state index in [1.807, 2.05) is 22.9 Å². The molecule has 1 N–H and O–H groups in total. The van der Waals surface area contributed by atoms with Crippen LogP contribution in [0.3, 0.4) is 0 Å². The normalized spacial score (nSPS) is 11.8. The summed E-state index contributed by atoms with van der Waals surface area (Å²) < 4.78 is 27.6. The molecule has 2 aromatic carbocycles. The second-order valence-electron chi connectivity index (χ2n) is 7.48. The van der Waals surface area contributed by atoms with Gasteiger partial charge in [-0.15, -0.1) is 0 Å². The molecule has 0 spiro atoms. The van der Waals surface area contributed by atoms with Crippen LogP contribution in [0.15, 0.2) is 71.0 Å². The molecule has 1 amide bonds. The van der Waals surface area contributed by atoms with E-state index in [0.29, 0.717) is 16.8 Å². The molecule has 0 aliphatic rings. The van der Waals surface area contributed by atoms with E-state index < -0.39 is 10.0 Å². The quantitative estimate of drug-likeness (QED) is 0.516. The molecule has 7 nitrogen and oxygen atoms in total. The molecule has 0 aliphatic heterocycles. The molecule has 3 rings (SSSR count). The summed E-state index contributed by atoms with van der Waals surface area (Å²) in [5.41, 5.74) is 2.67. The predicted molar refractivity (Wildman–Crippen MR) is 124 cm³/mol. The number of hydrogen-bond donors (Lipinski definition) is 1. The van der Waals surface area contributed by atoms with Gasteiger partial charge >= 0.3 is 0 Å². The number of sulfonamides is 1. The van der Waals surface area contributed by atoms with Gasteiger partial charge in [0.15, 0.2) is 5.16 Å². The highest BCUT2D eigenvalue weighted by atomic mass is 32.2. The maximum absolute atomic E-state index is 12.4. The average Bonchev–Trinajstić information content (AvgIpc) is 3.21. The summed E-state index contributed by atoms with van der Waals surface area (Å²) in [6.07, 6.45) is 3.56. The second-order valence-corrected chi connectivity index (χ2v) is 10.6. The van der Waals surface area contributed by atoms with Gasteiger partial charge in [-0.1, -0.05) is 43.8 Å². The third-order valence-electron chi connectivity index (χ3n) is 4.67. The SMILES string of the molecule is CC(C)c1ccc(-n2ccnc2SCC(=O)Nc2cccc(S(=O)(=O)N(C)C)c2)cc1. The number of imidazole rings is 1. The van der Waals surface area contributed by atoms with Crippen molar-refractivity contribution in [2.75, 3.05) is 25.2 Å². The second kappa shape index (κ2) is 9.67. The van der Waals surface area contributed by atoms with E-state index in [1.165, 1.54) is 43.6 Å². The van der Waals surface area contributed by atoms with Gasteiger partial charge < -0.3 is 5.32 Å². The van der Waals surface area contributed by atoms with Gasteiger partial charge in [0.25, 0.3) is 0 Å². The Morgan fingerprint density at radius 1 is 1.16 bits per heavy atom. The predicted octanol–water partition coefficient (Wildman–Crippen LogP) is 3.98. The van der Waals surface area contributed by atoms with E-state index >= 15 is 0 Å². The van der Waals surface area contributed by atoms with Crippen LogP contribution in [0, 0.1) is 0 Å². The van der Waals surface area contributed by atoms with Crippen molar-refractivity contribution in [2.45, 2.75) is 29.8 Å². The lowest BCUT2D eigenvalue weighted by Gasteiger charge is -2.13. The smallest absolute Gasteiger partial charge is 0.242 e. The van der Waals surface area contributed by atoms with E-state index in [-0.39, 0.29) is 16.6 Å². The molecule has 0 saturated carbocycles. The fraction of sp³-hybridized carbons (Fsp3) is 0.273. The number of hydrogen-bond acceptors (Lipinski definition) is 5. The molecular formula is C22H26N4O3S2. The summed E-state index contributed by atoms with van der Waals surface area (Å²) in [4.78, 5) is 16.9. The first-order valence-corrected chi connectivity index (χ1v) is 12.2. The summed E-state index contributed by atoms with van der Waals surface area (Å²) in [6.45, 7) is 4.30. The third-order valence-corrected chi connectivity index (χ3v) is 7.45. The molecule has 1 aromatic heterocycles. The Kier molecular flexibility index (Phi) is 7.19. The third kappa shape index (κ3) is 5.55. The summed E-state index contributed by atoms with van der Waals surface area (Å²) in [7, 11) is -0.628. The lowest BCUT2D eigenvalue weighted by atomic mass is 10.0. The van der Waals surface area contributed by atoms with Gasteiger partial charge in [-0.25, -0.2) is 17.7 Å². The van der Waals surface area contributed by atoms with Gasteiger partial charge in [-0.05, 0) is 41.8 Å². The van der Waals surface area contributed by atoms with Crippen LogP contribution < -0.4 is 5.32 Å². The molecule has 3 aromatic rings. The summed E-state index contributed by atoms with van der Waals surface area (Å²) in [6, 6.07) is 14.5. The Labute approximate surface area is 187 Å². The molecule has 0 unspecified atom stereocenters. The zero-order chi connectivity index (χ0) is 22.6. The number of thioether (sulfide) groups is 1. The first-order chi connectivity index (χ1) is 14.7. The van der Waals surface area contributed by atoms with Crippen LogP contribution in [-0.2, 0) is 14.8 Å². The minimum absolute atomic E-state index is 0.128. The fourth-order valence-corrected chi connectivity index (χ4v) is 4.61. The minimum Gasteiger partial charge on any atom is -0.325 e. The minimum atomic E-state index is -3.56. The highest BCUT2D eigenvalue weighted by Crippen LogP contribution is 2.23. The number of carbonyl (C=O) groups excluding carboxylic acids is 1. The van der Waals surface area contributed by atoms with Crippen LogP contribution in [0.2, 0.25) is 0 Å². The van der Waals surface area contributed by atoms with E-state index in [1.54, 1.807) is 18.3 Å². The molecule has 0 saturated heterocycles. The van der Waals surface area contributed by atoms with Gasteiger partial charge in [0, 0.05) is 37.9 Å². The van der Waals surface area contributed by atoms with Crippen molar-refractivity contribution in [3.8, 4) is 5.69 Å². The van der Waals surface area contributed by atoms with Gasteiger partial charge in [0.2, 0.25) is 15.9 Å². The summed E-state index contributed by atoms with van der Waals surface area (Å²) in [5, 5.41) is 3.46. The monoisotopic (exact) mass is 458 g/mol. The molecule has 1 heterocycles. The molecule has 9 heteroatoms.